The number of halogens is 4. The normalized spacial score (nSPS) is 13.9. The van der Waals surface area contributed by atoms with Crippen molar-refractivity contribution < 1.29 is 27.2 Å². The van der Waals surface area contributed by atoms with Gasteiger partial charge in [0.05, 0.1) is 5.57 Å². The molecule has 4 N–H and O–H groups in total. The number of primary amides is 1. The van der Waals surface area contributed by atoms with E-state index in [-0.39, 0.29) is 27.8 Å². The van der Waals surface area contributed by atoms with Crippen molar-refractivity contribution in [3.63, 3.8) is 0 Å². The summed E-state index contributed by atoms with van der Waals surface area (Å²) < 4.78 is 56.2. The minimum absolute atomic E-state index is 0.0135. The smallest absolute Gasteiger partial charge is 0.365 e. The van der Waals surface area contributed by atoms with Gasteiger partial charge in [-0.15, -0.1) is 0 Å². The number of alkyl halides is 3. The molecule has 8 nitrogen and oxygen atoms in total. The van der Waals surface area contributed by atoms with Gasteiger partial charge in [-0.05, 0) is 66.9 Å². The Balaban J connectivity index is 1.66. The molecule has 3 aromatic rings. The van der Waals surface area contributed by atoms with E-state index >= 15 is 4.39 Å². The third kappa shape index (κ3) is 6.12. The fourth-order valence-electron chi connectivity index (χ4n) is 4.55. The zero-order valence-electron chi connectivity index (χ0n) is 23.5. The summed E-state index contributed by atoms with van der Waals surface area (Å²) in [4.78, 5) is 28.7. The zero-order chi connectivity index (χ0) is 31.0. The van der Waals surface area contributed by atoms with Crippen molar-refractivity contribution in [1.29, 1.82) is 0 Å². The largest absolute Gasteiger partial charge is 0.416 e. The maximum Gasteiger partial charge on any atom is 0.416 e. The van der Waals surface area contributed by atoms with Crippen LogP contribution in [-0.4, -0.2) is 34.5 Å². The Bertz CT molecular complexity index is 1640. The zero-order valence-corrected chi connectivity index (χ0v) is 23.5. The highest BCUT2D eigenvalue weighted by Gasteiger charge is 2.32. The van der Waals surface area contributed by atoms with Crippen LogP contribution in [0.3, 0.4) is 0 Å². The van der Waals surface area contributed by atoms with Gasteiger partial charge < -0.3 is 16.4 Å². The number of nitrogens with two attached hydrogens (primary N) is 1. The molecule has 1 aromatic heterocycles. The maximum atomic E-state index is 15.4. The molecule has 0 saturated heterocycles. The van der Waals surface area contributed by atoms with Gasteiger partial charge in [-0.3, -0.25) is 9.59 Å². The molecule has 0 atom stereocenters. The molecule has 0 radical (unpaired) electrons. The lowest BCUT2D eigenvalue weighted by atomic mass is 9.85. The van der Waals surface area contributed by atoms with Gasteiger partial charge in [0.1, 0.15) is 28.7 Å². The van der Waals surface area contributed by atoms with Gasteiger partial charge >= 0.3 is 6.18 Å². The van der Waals surface area contributed by atoms with E-state index in [0.717, 1.165) is 29.0 Å². The topological polar surface area (TPSA) is 114 Å². The van der Waals surface area contributed by atoms with E-state index in [1.54, 1.807) is 4.68 Å². The average molecular weight is 583 g/mol. The minimum atomic E-state index is -4.67. The quantitative estimate of drug-likeness (QED) is 0.183. The van der Waals surface area contributed by atoms with Crippen molar-refractivity contribution in [2.45, 2.75) is 52.3 Å². The second-order valence-corrected chi connectivity index (χ2v) is 10.7. The molecule has 42 heavy (non-hydrogen) atoms. The van der Waals surface area contributed by atoms with E-state index in [2.05, 4.69) is 54.3 Å². The number of benzene rings is 2. The van der Waals surface area contributed by atoms with Crippen molar-refractivity contribution in [3.8, 4) is 11.3 Å². The highest BCUT2D eigenvalue weighted by atomic mass is 19.4. The number of hydrogen-bond donors (Lipinski definition) is 3. The first-order valence-corrected chi connectivity index (χ1v) is 13.0. The van der Waals surface area contributed by atoms with Gasteiger partial charge in [-0.1, -0.05) is 39.0 Å². The molecule has 2 heterocycles. The van der Waals surface area contributed by atoms with Crippen LogP contribution >= 0.6 is 0 Å². The molecular formula is C30H30F4N6O2. The molecular weight excluding hydrogens is 552 g/mol. The second-order valence-electron chi connectivity index (χ2n) is 10.7. The van der Waals surface area contributed by atoms with Crippen LogP contribution in [0.15, 0.2) is 64.9 Å². The Morgan fingerprint density at radius 3 is 2.45 bits per heavy atom. The highest BCUT2D eigenvalue weighted by Crippen LogP contribution is 2.37. The number of hydrogen-bond acceptors (Lipinski definition) is 5. The number of carbonyl (C=O) groups excluding carboxylic acids is 2. The number of allylic oxidation sites excluding steroid dienone is 3. The third-order valence-corrected chi connectivity index (χ3v) is 6.85. The number of amides is 2. The maximum absolute atomic E-state index is 15.4. The average Bonchev–Trinajstić information content (AvgIpc) is 3.16. The summed E-state index contributed by atoms with van der Waals surface area (Å²) in [7, 11) is 0. The monoisotopic (exact) mass is 582 g/mol. The Hall–Kier alpha value is -4.74. The Morgan fingerprint density at radius 2 is 1.88 bits per heavy atom. The van der Waals surface area contributed by atoms with Crippen LogP contribution in [0, 0.1) is 5.82 Å². The van der Waals surface area contributed by atoms with Crippen molar-refractivity contribution in [1.82, 2.24) is 15.1 Å². The first kappa shape index (κ1) is 30.2. The lowest BCUT2D eigenvalue weighted by molar-refractivity contribution is -0.0884. The summed E-state index contributed by atoms with van der Waals surface area (Å²) in [5.74, 6) is -2.79. The molecule has 0 spiro atoms. The number of nitrogens with zero attached hydrogens (tertiary/aromatic N) is 3. The summed E-state index contributed by atoms with van der Waals surface area (Å²) in [5.41, 5.74) is 7.26. The fourth-order valence-corrected chi connectivity index (χ4v) is 4.55. The van der Waals surface area contributed by atoms with Gasteiger partial charge in [0.25, 0.3) is 11.8 Å². The molecule has 2 amide bonds. The second kappa shape index (κ2) is 11.3. The standard InChI is InChI=1S/C30H30F4N6O2/c1-6-18(30(32,33)34)15-23(36-5)38-28(42)17-7-9-20(21(31)14-17)25-24(26(35)41)27-37-22-10-8-19(29(2,3)4)13-16(22)11-12-40(27)39-25/h6-10,13-15,37H,5,11-12H2,1-4H3,(H2,35,41)(H,38,42)/b18-6+,23-15+. The predicted octanol–water partition coefficient (Wildman–Crippen LogP) is 6.17. The van der Waals surface area contributed by atoms with Crippen LogP contribution in [0.25, 0.3) is 11.3 Å². The minimum Gasteiger partial charge on any atom is -0.365 e. The van der Waals surface area contributed by atoms with E-state index in [1.165, 1.54) is 19.1 Å². The number of aliphatic imine (C=N–C) groups is 1. The molecule has 0 aliphatic carbocycles. The van der Waals surface area contributed by atoms with E-state index < -0.39 is 35.2 Å². The number of anilines is 2. The van der Waals surface area contributed by atoms with Crippen molar-refractivity contribution in [2.24, 2.45) is 10.7 Å². The Kier molecular flexibility index (Phi) is 8.11. The molecule has 12 heteroatoms. The SMILES string of the molecule is C=N/C(=C\C(=C/C)C(F)(F)F)NC(=O)c1ccc(-c2nn3c(c2C(N)=O)Nc2ccc(C(C)(C)C)cc2CC3)c(F)c1. The summed E-state index contributed by atoms with van der Waals surface area (Å²) >= 11 is 0. The molecule has 0 bridgehead atoms. The number of carbonyl (C=O) groups is 2. The highest BCUT2D eigenvalue weighted by molar-refractivity contribution is 6.05. The number of fused-ring (bicyclic) bond motifs is 2. The summed E-state index contributed by atoms with van der Waals surface area (Å²) in [5, 5.41) is 9.91. The van der Waals surface area contributed by atoms with E-state index in [1.807, 2.05) is 12.1 Å². The van der Waals surface area contributed by atoms with Crippen LogP contribution in [-0.2, 0) is 18.4 Å². The molecule has 220 valence electrons. The predicted molar refractivity (Wildman–Crippen MR) is 153 cm³/mol. The molecule has 1 aliphatic rings. The van der Waals surface area contributed by atoms with E-state index in [4.69, 9.17) is 5.73 Å². The fraction of sp³-hybridized carbons (Fsp3) is 0.267. The van der Waals surface area contributed by atoms with Gasteiger partial charge in [-0.25, -0.2) is 14.1 Å². The number of rotatable bonds is 6. The summed E-state index contributed by atoms with van der Waals surface area (Å²) in [6.45, 7) is 11.1. The first-order valence-electron chi connectivity index (χ1n) is 13.0. The third-order valence-electron chi connectivity index (χ3n) is 6.85. The van der Waals surface area contributed by atoms with E-state index in [9.17, 15) is 22.8 Å². The Labute approximate surface area is 240 Å². The molecule has 1 aliphatic heterocycles. The van der Waals surface area contributed by atoms with Crippen LogP contribution in [0.2, 0.25) is 0 Å². The van der Waals surface area contributed by atoms with Crippen molar-refractivity contribution in [2.75, 3.05) is 5.32 Å². The molecule has 0 saturated carbocycles. The number of nitrogens with one attached hydrogen (secondary N) is 2. The van der Waals surface area contributed by atoms with E-state index in [0.29, 0.717) is 24.9 Å². The Morgan fingerprint density at radius 1 is 1.17 bits per heavy atom. The van der Waals surface area contributed by atoms with Gasteiger partial charge in [0.15, 0.2) is 0 Å². The van der Waals surface area contributed by atoms with Crippen molar-refractivity contribution >= 4 is 30.0 Å². The number of aryl methyl sites for hydroxylation is 2. The van der Waals surface area contributed by atoms with Crippen LogP contribution < -0.4 is 16.4 Å². The first-order chi connectivity index (χ1) is 19.6. The van der Waals surface area contributed by atoms with Crippen molar-refractivity contribution in [3.05, 3.63) is 88.0 Å². The lowest BCUT2D eigenvalue weighted by Gasteiger charge is -2.21. The summed E-state index contributed by atoms with van der Waals surface area (Å²) in [6.07, 6.45) is -2.65. The van der Waals surface area contributed by atoms with Gasteiger partial charge in [-0.2, -0.15) is 18.3 Å². The lowest BCUT2D eigenvalue weighted by Crippen LogP contribution is -2.23. The van der Waals surface area contributed by atoms with Gasteiger partial charge in [0.2, 0.25) is 0 Å². The molecule has 4 rings (SSSR count). The molecule has 2 aromatic carbocycles. The summed E-state index contributed by atoms with van der Waals surface area (Å²) in [6, 6.07) is 9.41. The van der Waals surface area contributed by atoms with Crippen LogP contribution in [0.1, 0.15) is 59.5 Å². The number of aromatic nitrogens is 2. The van der Waals surface area contributed by atoms with Crippen LogP contribution in [0.4, 0.5) is 29.1 Å². The van der Waals surface area contributed by atoms with Gasteiger partial charge in [0, 0.05) is 23.4 Å². The van der Waals surface area contributed by atoms with Crippen LogP contribution in [0.5, 0.6) is 0 Å². The molecule has 0 fully saturated rings. The molecule has 0 unspecified atom stereocenters.